The van der Waals surface area contributed by atoms with Crippen LogP contribution < -0.4 is 5.32 Å². The molecule has 0 aromatic heterocycles. The van der Waals surface area contributed by atoms with Gasteiger partial charge in [-0.1, -0.05) is 0 Å². The normalized spacial score (nSPS) is 27.8. The van der Waals surface area contributed by atoms with Crippen molar-refractivity contribution in [3.05, 3.63) is 0 Å². The number of rotatable bonds is 1. The zero-order chi connectivity index (χ0) is 9.26. The molecule has 2 amide bonds. The predicted octanol–water partition coefficient (Wildman–Crippen LogP) is 0.528. The SMILES string of the molecule is CN1CCN([C@@H]2CCCNC2)C1=O.Cl. The van der Waals surface area contributed by atoms with Crippen molar-refractivity contribution in [1.82, 2.24) is 15.1 Å². The first kappa shape index (κ1) is 11.6. The second-order valence-electron chi connectivity index (χ2n) is 3.90. The van der Waals surface area contributed by atoms with E-state index in [9.17, 15) is 4.79 Å². The Bertz CT molecular complexity index is 206. The number of nitrogens with one attached hydrogen (secondary N) is 1. The second-order valence-corrected chi connectivity index (χ2v) is 3.90. The standard InChI is InChI=1S/C9H17N3O.ClH/c1-11-5-6-12(9(11)13)8-3-2-4-10-7-8;/h8,10H,2-7H2,1H3;1H/t8-;/m1./s1. The predicted molar refractivity (Wildman–Crippen MR) is 57.9 cm³/mol. The largest absolute Gasteiger partial charge is 0.326 e. The molecule has 1 N–H and O–H groups in total. The van der Waals surface area contributed by atoms with Crippen LogP contribution in [0.4, 0.5) is 4.79 Å². The molecule has 2 heterocycles. The molecule has 0 radical (unpaired) electrons. The van der Waals surface area contributed by atoms with Gasteiger partial charge in [0.1, 0.15) is 0 Å². The summed E-state index contributed by atoms with van der Waals surface area (Å²) in [7, 11) is 1.87. The van der Waals surface area contributed by atoms with Gasteiger partial charge in [-0.05, 0) is 19.4 Å². The molecule has 2 saturated heterocycles. The highest BCUT2D eigenvalue weighted by Gasteiger charge is 2.31. The minimum absolute atomic E-state index is 0. The van der Waals surface area contributed by atoms with E-state index in [0.29, 0.717) is 6.04 Å². The highest BCUT2D eigenvalue weighted by atomic mass is 35.5. The lowest BCUT2D eigenvalue weighted by Crippen LogP contribution is -2.47. The number of hydrogen-bond acceptors (Lipinski definition) is 2. The number of urea groups is 1. The van der Waals surface area contributed by atoms with Crippen LogP contribution in [0.2, 0.25) is 0 Å². The molecule has 2 fully saturated rings. The summed E-state index contributed by atoms with van der Waals surface area (Å²) in [5.74, 6) is 0. The van der Waals surface area contributed by atoms with E-state index in [1.54, 1.807) is 4.90 Å². The molecule has 14 heavy (non-hydrogen) atoms. The van der Waals surface area contributed by atoms with Crippen molar-refractivity contribution in [2.45, 2.75) is 18.9 Å². The van der Waals surface area contributed by atoms with E-state index in [1.165, 1.54) is 6.42 Å². The van der Waals surface area contributed by atoms with Crippen molar-refractivity contribution in [2.75, 3.05) is 33.2 Å². The molecule has 5 heteroatoms. The third-order valence-corrected chi connectivity index (χ3v) is 2.96. The fourth-order valence-electron chi connectivity index (χ4n) is 2.11. The number of piperidine rings is 1. The number of nitrogens with zero attached hydrogens (tertiary/aromatic N) is 2. The molecule has 0 bridgehead atoms. The van der Waals surface area contributed by atoms with Crippen molar-refractivity contribution >= 4 is 18.4 Å². The van der Waals surface area contributed by atoms with Crippen LogP contribution in [-0.4, -0.2) is 55.1 Å². The molecule has 1 atom stereocenters. The first-order chi connectivity index (χ1) is 6.29. The lowest BCUT2D eigenvalue weighted by atomic mass is 10.1. The van der Waals surface area contributed by atoms with Gasteiger partial charge in [-0.25, -0.2) is 4.79 Å². The smallest absolute Gasteiger partial charge is 0.320 e. The molecule has 0 saturated carbocycles. The van der Waals surface area contributed by atoms with E-state index in [2.05, 4.69) is 5.32 Å². The molecule has 0 aromatic carbocycles. The molecule has 2 aliphatic rings. The van der Waals surface area contributed by atoms with E-state index in [0.717, 1.165) is 32.6 Å². The Balaban J connectivity index is 0.000000980. The molecule has 4 nitrogen and oxygen atoms in total. The molecule has 0 aliphatic carbocycles. The van der Waals surface area contributed by atoms with Gasteiger partial charge < -0.3 is 15.1 Å². The van der Waals surface area contributed by atoms with Crippen LogP contribution in [0.15, 0.2) is 0 Å². The van der Waals surface area contributed by atoms with E-state index in [-0.39, 0.29) is 18.4 Å². The van der Waals surface area contributed by atoms with Gasteiger partial charge in [-0.2, -0.15) is 0 Å². The Labute approximate surface area is 91.0 Å². The molecule has 2 rings (SSSR count). The Hall–Kier alpha value is -0.480. The maximum atomic E-state index is 11.6. The van der Waals surface area contributed by atoms with E-state index in [1.807, 2.05) is 11.9 Å². The summed E-state index contributed by atoms with van der Waals surface area (Å²) in [5.41, 5.74) is 0. The molecule has 2 aliphatic heterocycles. The fourth-order valence-corrected chi connectivity index (χ4v) is 2.11. The third-order valence-electron chi connectivity index (χ3n) is 2.96. The van der Waals surface area contributed by atoms with Crippen molar-refractivity contribution in [2.24, 2.45) is 0 Å². The maximum Gasteiger partial charge on any atom is 0.320 e. The fraction of sp³-hybridized carbons (Fsp3) is 0.889. The first-order valence-corrected chi connectivity index (χ1v) is 5.01. The molecular weight excluding hydrogens is 202 g/mol. The molecule has 82 valence electrons. The van der Waals surface area contributed by atoms with Crippen LogP contribution >= 0.6 is 12.4 Å². The summed E-state index contributed by atoms with van der Waals surface area (Å²) in [5, 5.41) is 3.33. The summed E-state index contributed by atoms with van der Waals surface area (Å²) < 4.78 is 0. The minimum atomic E-state index is 0. The lowest BCUT2D eigenvalue weighted by Gasteiger charge is -2.30. The minimum Gasteiger partial charge on any atom is -0.326 e. The van der Waals surface area contributed by atoms with Gasteiger partial charge in [0.25, 0.3) is 0 Å². The Morgan fingerprint density at radius 2 is 2.21 bits per heavy atom. The number of carbonyl (C=O) groups is 1. The van der Waals surface area contributed by atoms with Gasteiger partial charge in [0.15, 0.2) is 0 Å². The van der Waals surface area contributed by atoms with Crippen LogP contribution in [0, 0.1) is 0 Å². The van der Waals surface area contributed by atoms with Crippen LogP contribution in [0.5, 0.6) is 0 Å². The first-order valence-electron chi connectivity index (χ1n) is 5.01. The number of hydrogen-bond donors (Lipinski definition) is 1. The highest BCUT2D eigenvalue weighted by molar-refractivity contribution is 5.85. The average molecular weight is 220 g/mol. The van der Waals surface area contributed by atoms with E-state index >= 15 is 0 Å². The summed E-state index contributed by atoms with van der Waals surface area (Å²) in [6.45, 7) is 3.87. The molecule has 0 aromatic rings. The van der Waals surface area contributed by atoms with Crippen LogP contribution in [0.3, 0.4) is 0 Å². The average Bonchev–Trinajstić information content (AvgIpc) is 2.49. The lowest BCUT2D eigenvalue weighted by molar-refractivity contribution is 0.172. The van der Waals surface area contributed by atoms with Crippen molar-refractivity contribution in [3.63, 3.8) is 0 Å². The van der Waals surface area contributed by atoms with Gasteiger partial charge >= 0.3 is 6.03 Å². The third kappa shape index (κ3) is 2.12. The second kappa shape index (κ2) is 4.84. The van der Waals surface area contributed by atoms with Crippen LogP contribution in [0.1, 0.15) is 12.8 Å². The van der Waals surface area contributed by atoms with Crippen molar-refractivity contribution in [3.8, 4) is 0 Å². The Morgan fingerprint density at radius 1 is 1.43 bits per heavy atom. The van der Waals surface area contributed by atoms with Gasteiger partial charge in [0, 0.05) is 32.7 Å². The number of amides is 2. The molecule has 0 spiro atoms. The molecule has 0 unspecified atom stereocenters. The topological polar surface area (TPSA) is 35.6 Å². The summed E-state index contributed by atoms with van der Waals surface area (Å²) in [6, 6.07) is 0.639. The van der Waals surface area contributed by atoms with E-state index < -0.39 is 0 Å². The number of likely N-dealkylation sites (N-methyl/N-ethyl adjacent to an activating group) is 1. The number of halogens is 1. The van der Waals surface area contributed by atoms with Crippen LogP contribution in [0.25, 0.3) is 0 Å². The Morgan fingerprint density at radius 3 is 2.71 bits per heavy atom. The van der Waals surface area contributed by atoms with Gasteiger partial charge in [0.05, 0.1) is 0 Å². The quantitative estimate of drug-likeness (QED) is 0.699. The van der Waals surface area contributed by atoms with Gasteiger partial charge in [0.2, 0.25) is 0 Å². The Kier molecular flexibility index (Phi) is 4.01. The van der Waals surface area contributed by atoms with Crippen molar-refractivity contribution < 1.29 is 4.79 Å². The zero-order valence-corrected chi connectivity index (χ0v) is 9.35. The summed E-state index contributed by atoms with van der Waals surface area (Å²) in [6.07, 6.45) is 2.35. The van der Waals surface area contributed by atoms with Crippen molar-refractivity contribution in [1.29, 1.82) is 0 Å². The van der Waals surface area contributed by atoms with Gasteiger partial charge in [-0.3, -0.25) is 0 Å². The monoisotopic (exact) mass is 219 g/mol. The van der Waals surface area contributed by atoms with Crippen LogP contribution in [-0.2, 0) is 0 Å². The highest BCUT2D eigenvalue weighted by Crippen LogP contribution is 2.15. The maximum absolute atomic E-state index is 11.6. The molecular formula is C9H18ClN3O. The van der Waals surface area contributed by atoms with Gasteiger partial charge in [-0.15, -0.1) is 12.4 Å². The zero-order valence-electron chi connectivity index (χ0n) is 8.53. The summed E-state index contributed by atoms with van der Waals surface area (Å²) >= 11 is 0. The summed E-state index contributed by atoms with van der Waals surface area (Å²) in [4.78, 5) is 15.4. The number of carbonyl (C=O) groups excluding carboxylic acids is 1. The van der Waals surface area contributed by atoms with E-state index in [4.69, 9.17) is 0 Å².